The van der Waals surface area contributed by atoms with Gasteiger partial charge in [-0.2, -0.15) is 0 Å². The highest BCUT2D eigenvalue weighted by Gasteiger charge is 1.88. The zero-order valence-electron chi connectivity index (χ0n) is 13.1. The van der Waals surface area contributed by atoms with Crippen LogP contribution in [0.5, 0.6) is 0 Å². The van der Waals surface area contributed by atoms with Crippen LogP contribution >= 0.6 is 0 Å². The zero-order chi connectivity index (χ0) is 14.1. The van der Waals surface area contributed by atoms with Crippen LogP contribution in [0.3, 0.4) is 0 Å². The molecule has 0 aliphatic heterocycles. The van der Waals surface area contributed by atoms with Crippen LogP contribution in [-0.2, 0) is 0 Å². The summed E-state index contributed by atoms with van der Waals surface area (Å²) >= 11 is 0. The standard InChI is InChI=1S/C20H32/c1-2-4-6-8-10-12-14-16-18-20-19-17-15-13-11-9-7-5-3-1/h1-4,17-20H,5-16H2. The number of rotatable bonds is 0. The first-order valence-corrected chi connectivity index (χ1v) is 8.63. The largest absolute Gasteiger partial charge is 0.0845 e. The van der Waals surface area contributed by atoms with Crippen LogP contribution in [0.15, 0.2) is 48.6 Å². The van der Waals surface area contributed by atoms with Crippen molar-refractivity contribution in [3.63, 3.8) is 0 Å². The third-order valence-electron chi connectivity index (χ3n) is 3.75. The quantitative estimate of drug-likeness (QED) is 0.449. The molecule has 0 heterocycles. The third kappa shape index (κ3) is 12.0. The van der Waals surface area contributed by atoms with E-state index in [-0.39, 0.29) is 0 Å². The predicted octanol–water partition coefficient (Wildman–Crippen LogP) is 6.91. The zero-order valence-corrected chi connectivity index (χ0v) is 13.1. The monoisotopic (exact) mass is 272 g/mol. The minimum atomic E-state index is 1.24. The first-order valence-electron chi connectivity index (χ1n) is 8.63. The molecule has 0 heteroatoms. The molecule has 0 aromatic carbocycles. The molecule has 0 spiro atoms. The normalized spacial score (nSPS) is 20.8. The summed E-state index contributed by atoms with van der Waals surface area (Å²) in [6, 6.07) is 0. The van der Waals surface area contributed by atoms with E-state index < -0.39 is 0 Å². The lowest BCUT2D eigenvalue weighted by atomic mass is 10.1. The van der Waals surface area contributed by atoms with Gasteiger partial charge in [0, 0.05) is 0 Å². The van der Waals surface area contributed by atoms with Gasteiger partial charge in [-0.25, -0.2) is 0 Å². The maximum absolute atomic E-state index is 2.32. The maximum Gasteiger partial charge on any atom is -0.0348 e. The molecule has 0 aromatic rings. The second-order valence-electron chi connectivity index (χ2n) is 5.70. The van der Waals surface area contributed by atoms with Crippen LogP contribution in [0.2, 0.25) is 0 Å². The molecular formula is C20H32. The molecule has 0 atom stereocenters. The molecule has 0 saturated heterocycles. The van der Waals surface area contributed by atoms with E-state index in [2.05, 4.69) is 48.6 Å². The molecule has 0 nitrogen and oxygen atoms in total. The van der Waals surface area contributed by atoms with E-state index in [0.29, 0.717) is 0 Å². The second kappa shape index (κ2) is 14.4. The Bertz CT molecular complexity index is 240. The van der Waals surface area contributed by atoms with Crippen molar-refractivity contribution in [2.75, 3.05) is 0 Å². The Balaban J connectivity index is 2.22. The number of allylic oxidation sites excluding steroid dienone is 8. The average molecular weight is 272 g/mol. The Hall–Kier alpha value is -1.04. The number of hydrogen-bond donors (Lipinski definition) is 0. The van der Waals surface area contributed by atoms with Crippen molar-refractivity contribution in [1.82, 2.24) is 0 Å². The van der Waals surface area contributed by atoms with Gasteiger partial charge in [-0.1, -0.05) is 74.3 Å². The van der Waals surface area contributed by atoms with Gasteiger partial charge in [0.05, 0.1) is 0 Å². The van der Waals surface area contributed by atoms with E-state index in [1.54, 1.807) is 0 Å². The lowest BCUT2D eigenvalue weighted by Gasteiger charge is -1.97. The summed E-state index contributed by atoms with van der Waals surface area (Å²) in [5.74, 6) is 0. The summed E-state index contributed by atoms with van der Waals surface area (Å²) in [7, 11) is 0. The molecule has 0 N–H and O–H groups in total. The fourth-order valence-electron chi connectivity index (χ4n) is 2.46. The molecule has 0 bridgehead atoms. The van der Waals surface area contributed by atoms with Gasteiger partial charge in [0.25, 0.3) is 0 Å². The van der Waals surface area contributed by atoms with Crippen molar-refractivity contribution in [3.8, 4) is 0 Å². The van der Waals surface area contributed by atoms with Gasteiger partial charge in [0.2, 0.25) is 0 Å². The summed E-state index contributed by atoms with van der Waals surface area (Å²) in [5, 5.41) is 0. The molecule has 0 amide bonds. The lowest BCUT2D eigenvalue weighted by Crippen LogP contribution is -1.77. The van der Waals surface area contributed by atoms with Gasteiger partial charge < -0.3 is 0 Å². The van der Waals surface area contributed by atoms with Gasteiger partial charge >= 0.3 is 0 Å². The van der Waals surface area contributed by atoms with Crippen molar-refractivity contribution in [2.24, 2.45) is 0 Å². The third-order valence-corrected chi connectivity index (χ3v) is 3.75. The van der Waals surface area contributed by atoms with E-state index in [1.807, 2.05) is 0 Å². The predicted molar refractivity (Wildman–Crippen MR) is 92.0 cm³/mol. The molecular weight excluding hydrogens is 240 g/mol. The van der Waals surface area contributed by atoms with E-state index in [4.69, 9.17) is 0 Å². The van der Waals surface area contributed by atoms with E-state index in [0.717, 1.165) is 0 Å². The minimum Gasteiger partial charge on any atom is -0.0845 e. The molecule has 0 radical (unpaired) electrons. The van der Waals surface area contributed by atoms with Crippen LogP contribution in [0.4, 0.5) is 0 Å². The molecule has 0 saturated carbocycles. The number of hydrogen-bond acceptors (Lipinski definition) is 0. The summed E-state index contributed by atoms with van der Waals surface area (Å²) < 4.78 is 0. The minimum absolute atomic E-state index is 1.24. The summed E-state index contributed by atoms with van der Waals surface area (Å²) in [6.45, 7) is 0. The SMILES string of the molecule is C1=CCCCCCCC=CC=CCCCCCCC=C1. The molecule has 1 rings (SSSR count). The Labute approximate surface area is 126 Å². The first kappa shape index (κ1) is 17.0. The summed E-state index contributed by atoms with van der Waals surface area (Å²) in [4.78, 5) is 0. The van der Waals surface area contributed by atoms with Gasteiger partial charge in [0.15, 0.2) is 0 Å². The van der Waals surface area contributed by atoms with Crippen LogP contribution in [0.25, 0.3) is 0 Å². The Morgan fingerprint density at radius 3 is 0.800 bits per heavy atom. The topological polar surface area (TPSA) is 0 Å². The van der Waals surface area contributed by atoms with E-state index >= 15 is 0 Å². The Kier molecular flexibility index (Phi) is 12.2. The fourth-order valence-corrected chi connectivity index (χ4v) is 2.46. The highest BCUT2D eigenvalue weighted by Crippen LogP contribution is 2.08. The van der Waals surface area contributed by atoms with Crippen molar-refractivity contribution < 1.29 is 0 Å². The average Bonchev–Trinajstić information content (AvgIpc) is 2.46. The van der Waals surface area contributed by atoms with Gasteiger partial charge in [0.1, 0.15) is 0 Å². The smallest absolute Gasteiger partial charge is 0.0348 e. The van der Waals surface area contributed by atoms with Gasteiger partial charge in [-0.15, -0.1) is 0 Å². The second-order valence-corrected chi connectivity index (χ2v) is 5.70. The van der Waals surface area contributed by atoms with Crippen molar-refractivity contribution in [1.29, 1.82) is 0 Å². The van der Waals surface area contributed by atoms with Crippen molar-refractivity contribution in [2.45, 2.75) is 77.0 Å². The Morgan fingerprint density at radius 1 is 0.300 bits per heavy atom. The molecule has 20 heavy (non-hydrogen) atoms. The first-order chi connectivity index (χ1) is 10.0. The molecule has 1 aliphatic rings. The van der Waals surface area contributed by atoms with Gasteiger partial charge in [-0.3, -0.25) is 0 Å². The van der Waals surface area contributed by atoms with Crippen LogP contribution in [0.1, 0.15) is 77.0 Å². The summed E-state index contributed by atoms with van der Waals surface area (Å²) in [5.41, 5.74) is 0. The van der Waals surface area contributed by atoms with E-state index in [9.17, 15) is 0 Å². The maximum atomic E-state index is 2.32. The summed E-state index contributed by atoms with van der Waals surface area (Å²) in [6.07, 6.45) is 34.0. The Morgan fingerprint density at radius 2 is 0.550 bits per heavy atom. The fraction of sp³-hybridized carbons (Fsp3) is 0.600. The molecule has 112 valence electrons. The highest BCUT2D eigenvalue weighted by molar-refractivity contribution is 5.03. The molecule has 0 fully saturated rings. The van der Waals surface area contributed by atoms with Crippen molar-refractivity contribution in [3.05, 3.63) is 48.6 Å². The van der Waals surface area contributed by atoms with Gasteiger partial charge in [-0.05, 0) is 51.4 Å². The van der Waals surface area contributed by atoms with Crippen LogP contribution in [-0.4, -0.2) is 0 Å². The van der Waals surface area contributed by atoms with E-state index in [1.165, 1.54) is 77.0 Å². The lowest BCUT2D eigenvalue weighted by molar-refractivity contribution is 0.651. The van der Waals surface area contributed by atoms with Crippen molar-refractivity contribution >= 4 is 0 Å². The molecule has 1 aliphatic carbocycles. The molecule has 0 unspecified atom stereocenters. The highest BCUT2D eigenvalue weighted by atomic mass is 13.9. The molecule has 0 aromatic heterocycles. The van der Waals surface area contributed by atoms with Crippen LogP contribution < -0.4 is 0 Å². The van der Waals surface area contributed by atoms with Crippen LogP contribution in [0, 0.1) is 0 Å².